The lowest BCUT2D eigenvalue weighted by Gasteiger charge is -2.27. The first kappa shape index (κ1) is 14.4. The standard InChI is InChI=1S/C16H19F3N2/c17-16(18,19)14-5-8-21(9-6-14)11-12-3-4-15-13(10-12)2-1-7-20-15/h3-5,10,20H,1-2,6-9,11H2. The molecular weight excluding hydrogens is 277 g/mol. The topological polar surface area (TPSA) is 15.3 Å². The third kappa shape index (κ3) is 3.40. The molecule has 0 saturated carbocycles. The molecule has 0 aromatic heterocycles. The third-order valence-electron chi connectivity index (χ3n) is 4.17. The first-order chi connectivity index (χ1) is 10.0. The maximum atomic E-state index is 12.6. The number of halogens is 3. The smallest absolute Gasteiger partial charge is 0.385 e. The fraction of sp³-hybridized carbons (Fsp3) is 0.500. The molecule has 0 radical (unpaired) electrons. The van der Waals surface area contributed by atoms with Gasteiger partial charge in [0.1, 0.15) is 0 Å². The summed E-state index contributed by atoms with van der Waals surface area (Å²) in [7, 11) is 0. The summed E-state index contributed by atoms with van der Waals surface area (Å²) in [6.45, 7) is 2.59. The number of aryl methyl sites for hydroxylation is 1. The van der Waals surface area contributed by atoms with Gasteiger partial charge in [-0.05, 0) is 36.5 Å². The van der Waals surface area contributed by atoms with E-state index in [2.05, 4.69) is 28.4 Å². The first-order valence-corrected chi connectivity index (χ1v) is 7.36. The zero-order valence-corrected chi connectivity index (χ0v) is 11.8. The normalized spacial score (nSPS) is 19.7. The second-order valence-electron chi connectivity index (χ2n) is 5.73. The van der Waals surface area contributed by atoms with E-state index in [1.54, 1.807) is 0 Å². The lowest BCUT2D eigenvalue weighted by atomic mass is 10.00. The van der Waals surface area contributed by atoms with Gasteiger partial charge in [0.25, 0.3) is 0 Å². The van der Waals surface area contributed by atoms with Crippen LogP contribution in [0.5, 0.6) is 0 Å². The van der Waals surface area contributed by atoms with E-state index in [1.165, 1.54) is 22.9 Å². The summed E-state index contributed by atoms with van der Waals surface area (Å²) in [5.41, 5.74) is 3.32. The van der Waals surface area contributed by atoms with Gasteiger partial charge in [-0.3, -0.25) is 4.90 Å². The third-order valence-corrected chi connectivity index (χ3v) is 4.17. The highest BCUT2D eigenvalue weighted by Gasteiger charge is 2.34. The van der Waals surface area contributed by atoms with Crippen LogP contribution in [-0.2, 0) is 13.0 Å². The molecule has 1 N–H and O–H groups in total. The Morgan fingerprint density at radius 2 is 2.05 bits per heavy atom. The van der Waals surface area contributed by atoms with Gasteiger partial charge in [-0.1, -0.05) is 18.2 Å². The van der Waals surface area contributed by atoms with Crippen LogP contribution in [0.25, 0.3) is 0 Å². The number of hydrogen-bond donors (Lipinski definition) is 1. The zero-order valence-electron chi connectivity index (χ0n) is 11.8. The highest BCUT2D eigenvalue weighted by molar-refractivity contribution is 5.54. The van der Waals surface area contributed by atoms with Crippen LogP contribution in [0, 0.1) is 0 Å². The predicted octanol–water partition coefficient (Wildman–Crippen LogP) is 3.74. The van der Waals surface area contributed by atoms with Crippen molar-refractivity contribution in [2.24, 2.45) is 0 Å². The van der Waals surface area contributed by atoms with Crippen molar-refractivity contribution in [1.82, 2.24) is 4.90 Å². The number of hydrogen-bond acceptors (Lipinski definition) is 2. The van der Waals surface area contributed by atoms with Gasteiger partial charge in [0, 0.05) is 37.4 Å². The maximum Gasteiger partial charge on any atom is 0.412 e. The Morgan fingerprint density at radius 1 is 1.19 bits per heavy atom. The summed E-state index contributed by atoms with van der Waals surface area (Å²) < 4.78 is 37.8. The monoisotopic (exact) mass is 296 g/mol. The lowest BCUT2D eigenvalue weighted by molar-refractivity contribution is -0.0960. The minimum absolute atomic E-state index is 0.0933. The van der Waals surface area contributed by atoms with Gasteiger partial charge in [-0.15, -0.1) is 0 Å². The zero-order chi connectivity index (χ0) is 14.9. The summed E-state index contributed by atoms with van der Waals surface area (Å²) in [4.78, 5) is 2.06. The minimum atomic E-state index is -4.16. The molecule has 3 rings (SSSR count). The highest BCUT2D eigenvalue weighted by Crippen LogP contribution is 2.30. The molecule has 2 aliphatic rings. The summed E-state index contributed by atoms with van der Waals surface area (Å²) >= 11 is 0. The van der Waals surface area contributed by atoms with E-state index >= 15 is 0 Å². The van der Waals surface area contributed by atoms with Gasteiger partial charge >= 0.3 is 6.18 Å². The molecule has 0 saturated heterocycles. The van der Waals surface area contributed by atoms with E-state index < -0.39 is 6.18 Å². The number of alkyl halides is 3. The van der Waals surface area contributed by atoms with Gasteiger partial charge in [0.2, 0.25) is 0 Å². The molecule has 0 spiro atoms. The van der Waals surface area contributed by atoms with Crippen LogP contribution in [0.2, 0.25) is 0 Å². The van der Waals surface area contributed by atoms with Crippen LogP contribution >= 0.6 is 0 Å². The number of nitrogens with one attached hydrogen (secondary N) is 1. The molecule has 2 nitrogen and oxygen atoms in total. The Hall–Kier alpha value is -1.49. The van der Waals surface area contributed by atoms with Crippen molar-refractivity contribution in [2.45, 2.75) is 32.0 Å². The maximum absolute atomic E-state index is 12.6. The summed E-state index contributed by atoms with van der Waals surface area (Å²) in [5, 5.41) is 3.37. The first-order valence-electron chi connectivity index (χ1n) is 7.36. The number of nitrogens with zero attached hydrogens (tertiary/aromatic N) is 1. The van der Waals surface area contributed by atoms with Crippen molar-refractivity contribution in [2.75, 3.05) is 25.0 Å². The molecule has 2 aliphatic heterocycles. The van der Waals surface area contributed by atoms with Crippen molar-refractivity contribution in [1.29, 1.82) is 0 Å². The molecule has 0 amide bonds. The van der Waals surface area contributed by atoms with Crippen molar-refractivity contribution < 1.29 is 13.2 Å². The molecule has 0 atom stereocenters. The Labute approximate surface area is 122 Å². The Morgan fingerprint density at radius 3 is 2.76 bits per heavy atom. The fourth-order valence-corrected chi connectivity index (χ4v) is 3.00. The molecule has 21 heavy (non-hydrogen) atoms. The second-order valence-corrected chi connectivity index (χ2v) is 5.73. The number of fused-ring (bicyclic) bond motifs is 1. The van der Waals surface area contributed by atoms with Crippen molar-refractivity contribution in [3.63, 3.8) is 0 Å². The minimum Gasteiger partial charge on any atom is -0.385 e. The lowest BCUT2D eigenvalue weighted by Crippen LogP contribution is -2.31. The molecular formula is C16H19F3N2. The molecule has 0 bridgehead atoms. The number of rotatable bonds is 2. The van der Waals surface area contributed by atoms with E-state index in [0.717, 1.165) is 25.9 Å². The molecule has 0 unspecified atom stereocenters. The van der Waals surface area contributed by atoms with Crippen LogP contribution in [0.15, 0.2) is 29.8 Å². The van der Waals surface area contributed by atoms with Crippen molar-refractivity contribution >= 4 is 5.69 Å². The van der Waals surface area contributed by atoms with E-state index in [9.17, 15) is 13.2 Å². The van der Waals surface area contributed by atoms with Gasteiger partial charge in [0.15, 0.2) is 0 Å². The summed E-state index contributed by atoms with van der Waals surface area (Å²) in [5.74, 6) is 0. The molecule has 0 fully saturated rings. The molecule has 0 aliphatic carbocycles. The quantitative estimate of drug-likeness (QED) is 0.836. The largest absolute Gasteiger partial charge is 0.412 e. The summed E-state index contributed by atoms with van der Waals surface area (Å²) in [6, 6.07) is 6.34. The highest BCUT2D eigenvalue weighted by atomic mass is 19.4. The Balaban J connectivity index is 1.64. The Bertz CT molecular complexity index is 549. The van der Waals surface area contributed by atoms with E-state index in [0.29, 0.717) is 13.1 Å². The van der Waals surface area contributed by atoms with E-state index in [-0.39, 0.29) is 12.0 Å². The molecule has 5 heteroatoms. The van der Waals surface area contributed by atoms with Gasteiger partial charge in [-0.2, -0.15) is 13.2 Å². The van der Waals surface area contributed by atoms with Gasteiger partial charge < -0.3 is 5.32 Å². The van der Waals surface area contributed by atoms with Gasteiger partial charge in [-0.25, -0.2) is 0 Å². The van der Waals surface area contributed by atoms with Crippen LogP contribution in [0.4, 0.5) is 18.9 Å². The fourth-order valence-electron chi connectivity index (χ4n) is 3.00. The average Bonchev–Trinajstić information content (AvgIpc) is 2.47. The summed E-state index contributed by atoms with van der Waals surface area (Å²) in [6.07, 6.45) is -0.533. The van der Waals surface area contributed by atoms with E-state index in [1.807, 2.05) is 0 Å². The second kappa shape index (κ2) is 5.72. The average molecular weight is 296 g/mol. The van der Waals surface area contributed by atoms with Crippen LogP contribution in [0.3, 0.4) is 0 Å². The van der Waals surface area contributed by atoms with Gasteiger partial charge in [0.05, 0.1) is 0 Å². The van der Waals surface area contributed by atoms with Crippen LogP contribution in [0.1, 0.15) is 24.0 Å². The molecule has 1 aromatic rings. The van der Waals surface area contributed by atoms with E-state index in [4.69, 9.17) is 0 Å². The van der Waals surface area contributed by atoms with Crippen molar-refractivity contribution in [3.8, 4) is 0 Å². The number of benzene rings is 1. The van der Waals surface area contributed by atoms with Crippen LogP contribution in [-0.4, -0.2) is 30.7 Å². The predicted molar refractivity (Wildman–Crippen MR) is 77.3 cm³/mol. The number of anilines is 1. The van der Waals surface area contributed by atoms with Crippen LogP contribution < -0.4 is 5.32 Å². The van der Waals surface area contributed by atoms with Crippen molar-refractivity contribution in [3.05, 3.63) is 41.0 Å². The Kier molecular flexibility index (Phi) is 3.93. The molecule has 1 aromatic carbocycles. The SMILES string of the molecule is FC(F)(F)C1=CCN(Cc2ccc3c(c2)CCCN3)CC1. The molecule has 2 heterocycles. The molecule has 114 valence electrons.